The van der Waals surface area contributed by atoms with Gasteiger partial charge < -0.3 is 31.1 Å². The van der Waals surface area contributed by atoms with Gasteiger partial charge in [0.05, 0.1) is 74.2 Å². The molecule has 0 spiro atoms. The van der Waals surface area contributed by atoms with Gasteiger partial charge in [-0.05, 0) is 79.2 Å². The summed E-state index contributed by atoms with van der Waals surface area (Å²) < 4.78 is 136. The van der Waals surface area contributed by atoms with Crippen molar-refractivity contribution in [3.05, 3.63) is 72.3 Å². The van der Waals surface area contributed by atoms with E-state index < -0.39 is 68.9 Å². The van der Waals surface area contributed by atoms with Crippen LogP contribution in [0.4, 0.5) is 45.5 Å². The van der Waals surface area contributed by atoms with Crippen LogP contribution in [0.3, 0.4) is 0 Å². The number of benzene rings is 4. The molecule has 0 aromatic heterocycles. The average molecular weight is 1060 g/mol. The van der Waals surface area contributed by atoms with E-state index in [1.54, 1.807) is 0 Å². The van der Waals surface area contributed by atoms with E-state index in [0.717, 1.165) is 30.3 Å². The Morgan fingerprint density at radius 1 is 0.600 bits per heavy atom. The smallest absolute Gasteiger partial charge is 0.744 e. The summed E-state index contributed by atoms with van der Waals surface area (Å²) >= 11 is 0.517. The molecule has 4 aromatic carbocycles. The van der Waals surface area contributed by atoms with Crippen LogP contribution in [0.1, 0.15) is 5.56 Å². The Labute approximate surface area is 468 Å². The van der Waals surface area contributed by atoms with Crippen molar-refractivity contribution in [2.45, 2.75) is 26.5 Å². The van der Waals surface area contributed by atoms with Gasteiger partial charge in [0.2, 0.25) is 10.4 Å². The molecule has 26 nitrogen and oxygen atoms in total. The van der Waals surface area contributed by atoms with E-state index in [0.29, 0.717) is 12.0 Å². The fourth-order valence-electron chi connectivity index (χ4n) is 4.47. The average Bonchev–Trinajstić information content (AvgIpc) is 3.19. The molecule has 0 bridgehead atoms. The Kier molecular flexibility index (Phi) is 29.3. The molecular formula is C29H26N8Na4O18S6. The SMILES string of the molecule is Cc1cc(S(=O)(=O)[O-])c(N=Nc2cc(N=Nc3ccc(S(=O)(=O)CCOSOO[O-])cc3)c(N)c(N=Nc3ccc(S(=O)(=O)CCOS(=O)(=O)[O-])cc3)c2N)cc1SOO[O-].[Na+].[Na+].[Na+].[Na+]. The summed E-state index contributed by atoms with van der Waals surface area (Å²) in [5.74, 6) is -1.34. The van der Waals surface area contributed by atoms with Gasteiger partial charge in [-0.25, -0.2) is 33.7 Å². The molecule has 330 valence electrons. The summed E-state index contributed by atoms with van der Waals surface area (Å²) in [7, 11) is -18.3. The number of aryl methyl sites for hydroxylation is 1. The first kappa shape index (κ1) is 64.4. The topological polar surface area (TPSA) is 410 Å². The predicted molar refractivity (Wildman–Crippen MR) is 203 cm³/mol. The van der Waals surface area contributed by atoms with E-state index >= 15 is 0 Å². The summed E-state index contributed by atoms with van der Waals surface area (Å²) in [5.41, 5.74) is 11.1. The number of sulfone groups is 2. The zero-order valence-corrected chi connectivity index (χ0v) is 47.2. The maximum atomic E-state index is 12.6. The normalized spacial score (nSPS) is 12.1. The number of anilines is 2. The third kappa shape index (κ3) is 20.3. The third-order valence-corrected chi connectivity index (χ3v) is 13.2. The molecule has 36 heteroatoms. The second-order valence-electron chi connectivity index (χ2n) is 11.3. The molecular weight excluding hydrogens is 1030 g/mol. The number of azo groups is 3. The van der Waals surface area contributed by atoms with Crippen LogP contribution in [0.2, 0.25) is 0 Å². The van der Waals surface area contributed by atoms with Crippen LogP contribution in [0.15, 0.2) is 117 Å². The largest absolute Gasteiger partial charge is 1.00 e. The van der Waals surface area contributed by atoms with Crippen molar-refractivity contribution in [3.8, 4) is 0 Å². The maximum absolute atomic E-state index is 12.6. The molecule has 0 atom stereocenters. The molecule has 4 N–H and O–H groups in total. The summed E-state index contributed by atoms with van der Waals surface area (Å²) in [6.07, 6.45) is 0. The Morgan fingerprint density at radius 3 is 1.54 bits per heavy atom. The van der Waals surface area contributed by atoms with Gasteiger partial charge in [0, 0.05) is 4.90 Å². The van der Waals surface area contributed by atoms with Crippen LogP contribution >= 0.6 is 24.4 Å². The van der Waals surface area contributed by atoms with Crippen LogP contribution in [0, 0.1) is 6.92 Å². The minimum absolute atomic E-state index is 0. The molecule has 0 fully saturated rings. The van der Waals surface area contributed by atoms with Gasteiger partial charge in [0.25, 0.3) is 0 Å². The van der Waals surface area contributed by atoms with Crippen molar-refractivity contribution in [2.24, 2.45) is 30.7 Å². The van der Waals surface area contributed by atoms with Gasteiger partial charge in [-0.3, -0.25) is 18.4 Å². The van der Waals surface area contributed by atoms with Crippen LogP contribution in [0.5, 0.6) is 0 Å². The summed E-state index contributed by atoms with van der Waals surface area (Å²) in [4.78, 5) is -1.14. The fraction of sp³-hybridized carbons (Fsp3) is 0.172. The molecule has 0 aliphatic carbocycles. The summed E-state index contributed by atoms with van der Waals surface area (Å²) in [6.45, 7) is 0.116. The summed E-state index contributed by atoms with van der Waals surface area (Å²) in [5, 5.41) is 50.7. The molecule has 0 saturated heterocycles. The second kappa shape index (κ2) is 29.5. The van der Waals surface area contributed by atoms with Crippen molar-refractivity contribution in [1.82, 2.24) is 0 Å². The van der Waals surface area contributed by atoms with E-state index in [9.17, 15) is 53.3 Å². The van der Waals surface area contributed by atoms with Crippen molar-refractivity contribution in [2.75, 3.05) is 36.2 Å². The van der Waals surface area contributed by atoms with Gasteiger partial charge in [0.1, 0.15) is 32.9 Å². The number of nitrogens with two attached hydrogens (primary N) is 2. The van der Waals surface area contributed by atoms with Crippen LogP contribution in [-0.4, -0.2) is 67.5 Å². The minimum atomic E-state index is -5.16. The molecule has 0 heterocycles. The predicted octanol–water partition coefficient (Wildman–Crippen LogP) is -8.62. The fourth-order valence-corrected chi connectivity index (χ4v) is 8.49. The number of nitrogen functional groups attached to an aromatic ring is 2. The van der Waals surface area contributed by atoms with E-state index in [2.05, 4.69) is 53.6 Å². The monoisotopic (exact) mass is 1060 g/mol. The Hall–Kier alpha value is -0.620. The molecule has 4 rings (SSSR count). The maximum Gasteiger partial charge on any atom is 1.00 e. The third-order valence-electron chi connectivity index (χ3n) is 7.33. The Balaban J connectivity index is 0.0000102. The van der Waals surface area contributed by atoms with Crippen molar-refractivity contribution in [1.29, 1.82) is 0 Å². The molecule has 0 saturated carbocycles. The first-order chi connectivity index (χ1) is 28.6. The van der Waals surface area contributed by atoms with Gasteiger partial charge >= 0.3 is 118 Å². The van der Waals surface area contributed by atoms with Crippen LogP contribution in [-0.2, 0) is 67.3 Å². The molecule has 0 amide bonds. The van der Waals surface area contributed by atoms with E-state index in [1.807, 2.05) is 0 Å². The van der Waals surface area contributed by atoms with Gasteiger partial charge in [-0.2, -0.15) is 14.6 Å². The van der Waals surface area contributed by atoms with Gasteiger partial charge in [-0.1, -0.05) is 0 Å². The zero-order valence-electron chi connectivity index (χ0n) is 34.3. The Bertz CT molecular complexity index is 2760. The Morgan fingerprint density at radius 2 is 1.06 bits per heavy atom. The molecule has 65 heavy (non-hydrogen) atoms. The minimum Gasteiger partial charge on any atom is -0.744 e. The quantitative estimate of drug-likeness (QED) is 0.00849. The number of hydrogen-bond acceptors (Lipinski definition) is 28. The van der Waals surface area contributed by atoms with Crippen LogP contribution in [0.25, 0.3) is 0 Å². The van der Waals surface area contributed by atoms with E-state index in [-0.39, 0.29) is 197 Å². The number of rotatable bonds is 22. The van der Waals surface area contributed by atoms with Crippen molar-refractivity contribution in [3.63, 3.8) is 0 Å². The number of hydrogen-bond donors (Lipinski definition) is 2. The molecule has 4 aromatic rings. The van der Waals surface area contributed by atoms with E-state index in [1.165, 1.54) is 43.3 Å². The summed E-state index contributed by atoms with van der Waals surface area (Å²) in [6, 6.07) is 12.7. The van der Waals surface area contributed by atoms with E-state index in [4.69, 9.17) is 15.7 Å². The zero-order chi connectivity index (χ0) is 45.0. The van der Waals surface area contributed by atoms with Crippen molar-refractivity contribution >= 4 is 110 Å². The first-order valence-electron chi connectivity index (χ1n) is 15.9. The molecule has 0 aliphatic heterocycles. The van der Waals surface area contributed by atoms with Gasteiger partial charge in [0.15, 0.2) is 32.0 Å². The van der Waals surface area contributed by atoms with Gasteiger partial charge in [-0.15, -0.1) is 24.8 Å². The second-order valence-corrected chi connectivity index (χ2v) is 19.2. The molecule has 0 radical (unpaired) electrons. The molecule has 0 aliphatic rings. The van der Waals surface area contributed by atoms with Crippen LogP contribution < -0.4 is 140 Å². The number of nitrogens with zero attached hydrogens (tertiary/aromatic N) is 6. The first-order valence-corrected chi connectivity index (χ1v) is 23.3. The standard InChI is InChI=1S/C29H30N8O18S6.4Na/c1-17-14-26(60(44,45)46)22(16-25(17)56-54-52-38)34-36-24-15-23(35-32-18-2-6-20(7-3-18)58(40,41)12-10-50-57-55-53-39)27(30)29(28(24)31)37-33-19-4-8-21(9-5-19)59(42,43)13-11-51-61(47,48)49;;;;/h2-9,14-16,38-39H,10-13,30-31H2,1H3,(H,44,45,46)(H,47,48,49);;;;/q;4*+1/p-4. The van der Waals surface area contributed by atoms with Crippen molar-refractivity contribution < 1.29 is 199 Å². The molecule has 0 unspecified atom stereocenters.